The van der Waals surface area contributed by atoms with Crippen molar-refractivity contribution >= 4 is 11.6 Å². The Balaban J connectivity index is 2.64. The number of ether oxygens (including phenoxy) is 1. The fourth-order valence-corrected chi connectivity index (χ4v) is 2.07. The molecule has 0 radical (unpaired) electrons. The van der Waals surface area contributed by atoms with E-state index in [1.54, 1.807) is 18.7 Å². The monoisotopic (exact) mass is 313 g/mol. The van der Waals surface area contributed by atoms with Gasteiger partial charge in [-0.2, -0.15) is 18.3 Å². The molecule has 1 N–H and O–H groups in total. The van der Waals surface area contributed by atoms with Gasteiger partial charge in [0.2, 0.25) is 0 Å². The Morgan fingerprint density at radius 3 is 2.60 bits per heavy atom. The summed E-state index contributed by atoms with van der Waals surface area (Å²) >= 11 is 6.17. The molecule has 1 rings (SSSR count). The van der Waals surface area contributed by atoms with E-state index in [1.807, 2.05) is 6.92 Å². The average Bonchev–Trinajstić information content (AvgIpc) is 2.63. The topological polar surface area (TPSA) is 39.1 Å². The number of halogens is 4. The first-order valence-corrected chi connectivity index (χ1v) is 6.69. The van der Waals surface area contributed by atoms with E-state index in [-0.39, 0.29) is 12.6 Å². The molecule has 0 saturated carbocycles. The van der Waals surface area contributed by atoms with Gasteiger partial charge in [-0.15, -0.1) is 0 Å². The van der Waals surface area contributed by atoms with Crippen LogP contribution in [0.4, 0.5) is 13.2 Å². The van der Waals surface area contributed by atoms with Gasteiger partial charge in [-0.05, 0) is 20.9 Å². The lowest BCUT2D eigenvalue weighted by Crippen LogP contribution is -2.35. The van der Waals surface area contributed by atoms with Crippen LogP contribution < -0.4 is 5.32 Å². The van der Waals surface area contributed by atoms with Gasteiger partial charge in [0, 0.05) is 19.0 Å². The first-order valence-electron chi connectivity index (χ1n) is 6.32. The van der Waals surface area contributed by atoms with E-state index in [0.29, 0.717) is 18.0 Å². The van der Waals surface area contributed by atoms with Crippen molar-refractivity contribution in [2.24, 2.45) is 0 Å². The maximum atomic E-state index is 12.0. The van der Waals surface area contributed by atoms with E-state index in [2.05, 4.69) is 15.2 Å². The van der Waals surface area contributed by atoms with Gasteiger partial charge in [0.25, 0.3) is 0 Å². The van der Waals surface area contributed by atoms with Crippen LogP contribution in [0.5, 0.6) is 0 Å². The normalized spacial score (nSPS) is 13.8. The van der Waals surface area contributed by atoms with Crippen LogP contribution >= 0.6 is 11.6 Å². The van der Waals surface area contributed by atoms with Crippen LogP contribution in [0.15, 0.2) is 0 Å². The van der Waals surface area contributed by atoms with Crippen LogP contribution in [0.1, 0.15) is 18.3 Å². The number of nitrogens with one attached hydrogen (secondary N) is 1. The van der Waals surface area contributed by atoms with Gasteiger partial charge in [0.05, 0.1) is 23.0 Å². The smallest absolute Gasteiger partial charge is 0.370 e. The average molecular weight is 314 g/mol. The Morgan fingerprint density at radius 1 is 1.45 bits per heavy atom. The highest BCUT2D eigenvalue weighted by Crippen LogP contribution is 2.22. The minimum Gasteiger partial charge on any atom is -0.370 e. The van der Waals surface area contributed by atoms with E-state index in [4.69, 9.17) is 11.6 Å². The molecule has 0 aliphatic heterocycles. The highest BCUT2D eigenvalue weighted by molar-refractivity contribution is 6.31. The molecule has 1 aromatic rings. The number of likely N-dealkylation sites (N-methyl/N-ethyl adjacent to an activating group) is 1. The molecule has 0 aliphatic carbocycles. The molecule has 1 unspecified atom stereocenters. The zero-order valence-corrected chi connectivity index (χ0v) is 12.5. The van der Waals surface area contributed by atoms with E-state index >= 15 is 0 Å². The number of aryl methyl sites for hydroxylation is 2. The second-order valence-electron chi connectivity index (χ2n) is 4.48. The molecule has 0 aromatic carbocycles. The molecule has 0 bridgehead atoms. The Morgan fingerprint density at radius 2 is 2.10 bits per heavy atom. The van der Waals surface area contributed by atoms with Gasteiger partial charge < -0.3 is 10.1 Å². The molecule has 1 heterocycles. The summed E-state index contributed by atoms with van der Waals surface area (Å²) in [5.41, 5.74) is 1.52. The van der Waals surface area contributed by atoms with Crippen LogP contribution in [0, 0.1) is 6.92 Å². The summed E-state index contributed by atoms with van der Waals surface area (Å²) in [6.45, 7) is 3.10. The number of hydrogen-bond donors (Lipinski definition) is 1. The van der Waals surface area contributed by atoms with Crippen LogP contribution in [-0.2, 0) is 17.7 Å². The first-order chi connectivity index (χ1) is 9.28. The SMILES string of the molecule is CCn1nc(C)c(Cl)c1CC(COCC(F)(F)F)NC. The number of rotatable bonds is 7. The van der Waals surface area contributed by atoms with Crippen molar-refractivity contribution in [3.63, 3.8) is 0 Å². The summed E-state index contributed by atoms with van der Waals surface area (Å²) < 4.78 is 42.6. The fraction of sp³-hybridized carbons (Fsp3) is 0.750. The molecule has 20 heavy (non-hydrogen) atoms. The Bertz CT molecular complexity index is 434. The molecule has 8 heteroatoms. The number of aromatic nitrogens is 2. The summed E-state index contributed by atoms with van der Waals surface area (Å²) in [6, 6.07) is -0.253. The van der Waals surface area contributed by atoms with Gasteiger partial charge in [-0.3, -0.25) is 4.68 Å². The van der Waals surface area contributed by atoms with Gasteiger partial charge in [0.1, 0.15) is 6.61 Å². The zero-order chi connectivity index (χ0) is 15.3. The summed E-state index contributed by atoms with van der Waals surface area (Å²) in [4.78, 5) is 0. The number of nitrogens with zero attached hydrogens (tertiary/aromatic N) is 2. The Kier molecular flexibility index (Phi) is 6.29. The predicted molar refractivity (Wildman–Crippen MR) is 71.1 cm³/mol. The van der Waals surface area contributed by atoms with Crippen molar-refractivity contribution in [2.75, 3.05) is 20.3 Å². The summed E-state index contributed by atoms with van der Waals surface area (Å²) in [7, 11) is 1.68. The van der Waals surface area contributed by atoms with Crippen LogP contribution in [-0.4, -0.2) is 42.3 Å². The molecule has 0 amide bonds. The van der Waals surface area contributed by atoms with E-state index in [1.165, 1.54) is 0 Å². The Labute approximate surface area is 121 Å². The van der Waals surface area contributed by atoms with E-state index in [0.717, 1.165) is 11.4 Å². The van der Waals surface area contributed by atoms with Crippen molar-refractivity contribution < 1.29 is 17.9 Å². The molecule has 0 spiro atoms. The second-order valence-corrected chi connectivity index (χ2v) is 4.86. The van der Waals surface area contributed by atoms with Gasteiger partial charge in [-0.1, -0.05) is 11.6 Å². The summed E-state index contributed by atoms with van der Waals surface area (Å²) in [6.07, 6.45) is -3.85. The van der Waals surface area contributed by atoms with E-state index in [9.17, 15) is 13.2 Å². The van der Waals surface area contributed by atoms with Crippen molar-refractivity contribution in [3.8, 4) is 0 Å². The van der Waals surface area contributed by atoms with Gasteiger partial charge >= 0.3 is 6.18 Å². The molecular formula is C12H19ClF3N3O. The minimum atomic E-state index is -4.31. The summed E-state index contributed by atoms with van der Waals surface area (Å²) in [5, 5.41) is 7.76. The van der Waals surface area contributed by atoms with Crippen molar-refractivity contribution in [2.45, 2.75) is 39.0 Å². The summed E-state index contributed by atoms with van der Waals surface area (Å²) in [5.74, 6) is 0. The zero-order valence-electron chi connectivity index (χ0n) is 11.7. The lowest BCUT2D eigenvalue weighted by molar-refractivity contribution is -0.175. The highest BCUT2D eigenvalue weighted by Gasteiger charge is 2.28. The molecule has 0 saturated heterocycles. The molecular weight excluding hydrogens is 295 g/mol. The standard InChI is InChI=1S/C12H19ClF3N3O/c1-4-19-10(11(13)8(2)18-19)5-9(17-3)6-20-7-12(14,15)16/h9,17H,4-7H2,1-3H3. The third-order valence-corrected chi connectivity index (χ3v) is 3.38. The predicted octanol–water partition coefficient (Wildman–Crippen LogP) is 2.57. The molecule has 0 fully saturated rings. The fourth-order valence-electron chi connectivity index (χ4n) is 1.86. The molecule has 1 aromatic heterocycles. The van der Waals surface area contributed by atoms with Crippen molar-refractivity contribution in [3.05, 3.63) is 16.4 Å². The lowest BCUT2D eigenvalue weighted by Gasteiger charge is -2.18. The minimum absolute atomic E-state index is 0.0414. The third-order valence-electron chi connectivity index (χ3n) is 2.89. The number of hydrogen-bond acceptors (Lipinski definition) is 3. The lowest BCUT2D eigenvalue weighted by atomic mass is 10.1. The van der Waals surface area contributed by atoms with Crippen LogP contribution in [0.2, 0.25) is 5.02 Å². The molecule has 1 atom stereocenters. The largest absolute Gasteiger partial charge is 0.411 e. The van der Waals surface area contributed by atoms with Crippen molar-refractivity contribution in [1.82, 2.24) is 15.1 Å². The van der Waals surface area contributed by atoms with E-state index < -0.39 is 12.8 Å². The number of alkyl halides is 3. The van der Waals surface area contributed by atoms with Crippen LogP contribution in [0.25, 0.3) is 0 Å². The maximum Gasteiger partial charge on any atom is 0.411 e. The second kappa shape index (κ2) is 7.28. The first kappa shape index (κ1) is 17.3. The maximum absolute atomic E-state index is 12.0. The third kappa shape index (κ3) is 4.96. The quantitative estimate of drug-likeness (QED) is 0.841. The molecule has 116 valence electrons. The van der Waals surface area contributed by atoms with Crippen molar-refractivity contribution in [1.29, 1.82) is 0 Å². The van der Waals surface area contributed by atoms with Gasteiger partial charge in [0.15, 0.2) is 0 Å². The molecule has 4 nitrogen and oxygen atoms in total. The highest BCUT2D eigenvalue weighted by atomic mass is 35.5. The Hall–Kier alpha value is -0.790. The molecule has 0 aliphatic rings. The van der Waals surface area contributed by atoms with Crippen LogP contribution in [0.3, 0.4) is 0 Å². The van der Waals surface area contributed by atoms with Gasteiger partial charge in [-0.25, -0.2) is 0 Å².